The monoisotopic (exact) mass is 223 g/mol. The Labute approximate surface area is 93.8 Å². The van der Waals surface area contributed by atoms with Crippen LogP contribution in [0.4, 0.5) is 10.1 Å². The molecule has 1 saturated heterocycles. The molecule has 1 aliphatic heterocycles. The van der Waals surface area contributed by atoms with E-state index in [0.717, 1.165) is 0 Å². The first-order valence-electron chi connectivity index (χ1n) is 5.32. The van der Waals surface area contributed by atoms with Crippen LogP contribution in [0.3, 0.4) is 0 Å². The van der Waals surface area contributed by atoms with Gasteiger partial charge in [0.25, 0.3) is 0 Å². The number of aldehydes is 1. The van der Waals surface area contributed by atoms with E-state index in [4.69, 9.17) is 4.74 Å². The van der Waals surface area contributed by atoms with Crippen molar-refractivity contribution in [2.75, 3.05) is 24.6 Å². The molecule has 0 amide bonds. The lowest BCUT2D eigenvalue weighted by Gasteiger charge is -2.33. The number of nitrogens with zero attached hydrogens (tertiary/aromatic N) is 1. The third-order valence-corrected chi connectivity index (χ3v) is 2.70. The van der Waals surface area contributed by atoms with Crippen molar-refractivity contribution < 1.29 is 13.9 Å². The predicted octanol–water partition coefficient (Wildman–Crippen LogP) is 1.86. The van der Waals surface area contributed by atoms with Crippen LogP contribution in [0, 0.1) is 5.82 Å². The van der Waals surface area contributed by atoms with Gasteiger partial charge in [-0.3, -0.25) is 4.79 Å². The van der Waals surface area contributed by atoms with Gasteiger partial charge in [0.1, 0.15) is 5.82 Å². The highest BCUT2D eigenvalue weighted by Crippen LogP contribution is 2.25. The summed E-state index contributed by atoms with van der Waals surface area (Å²) >= 11 is 0. The number of rotatable bonds is 2. The fraction of sp³-hybridized carbons (Fsp3) is 0.417. The molecule has 1 aliphatic rings. The molecule has 0 bridgehead atoms. The Hall–Kier alpha value is -1.42. The number of ether oxygens (including phenoxy) is 1. The van der Waals surface area contributed by atoms with Gasteiger partial charge >= 0.3 is 0 Å². The van der Waals surface area contributed by atoms with Crippen molar-refractivity contribution in [2.24, 2.45) is 0 Å². The number of para-hydroxylation sites is 1. The average molecular weight is 223 g/mol. The van der Waals surface area contributed by atoms with Crippen LogP contribution in [0.25, 0.3) is 0 Å². The third kappa shape index (κ3) is 2.07. The molecule has 1 fully saturated rings. The summed E-state index contributed by atoms with van der Waals surface area (Å²) in [5.41, 5.74) is 0.793. The highest BCUT2D eigenvalue weighted by atomic mass is 19.1. The molecule has 0 radical (unpaired) electrons. The number of carbonyl (C=O) groups is 1. The molecular formula is C12H14FNO2. The van der Waals surface area contributed by atoms with Crippen LogP contribution in [0.15, 0.2) is 18.2 Å². The van der Waals surface area contributed by atoms with Gasteiger partial charge in [0, 0.05) is 18.7 Å². The molecule has 1 unspecified atom stereocenters. The Kier molecular flexibility index (Phi) is 3.19. The maximum absolute atomic E-state index is 13.7. The second-order valence-corrected chi connectivity index (χ2v) is 3.92. The minimum Gasteiger partial charge on any atom is -0.375 e. The summed E-state index contributed by atoms with van der Waals surface area (Å²) in [6.45, 7) is 3.73. The van der Waals surface area contributed by atoms with Crippen LogP contribution in [-0.4, -0.2) is 32.1 Å². The number of hydrogen-bond donors (Lipinski definition) is 0. The molecule has 2 rings (SSSR count). The summed E-state index contributed by atoms with van der Waals surface area (Å²) in [4.78, 5) is 12.7. The standard InChI is InChI=1S/C12H14FNO2/c1-9-7-14(5-6-16-9)12-10(8-15)3-2-4-11(12)13/h2-4,8-9H,5-7H2,1H3. The molecule has 3 nitrogen and oxygen atoms in total. The van der Waals surface area contributed by atoms with Crippen LogP contribution < -0.4 is 4.90 Å². The van der Waals surface area contributed by atoms with E-state index in [9.17, 15) is 9.18 Å². The average Bonchev–Trinajstić information content (AvgIpc) is 2.28. The van der Waals surface area contributed by atoms with Gasteiger partial charge in [0.2, 0.25) is 0 Å². The minimum atomic E-state index is -0.348. The molecule has 0 aliphatic carbocycles. The number of morpholine rings is 1. The Bertz CT molecular complexity index is 395. The summed E-state index contributed by atoms with van der Waals surface area (Å²) in [6, 6.07) is 4.56. The fourth-order valence-corrected chi connectivity index (χ4v) is 1.98. The molecule has 0 spiro atoms. The molecule has 0 saturated carbocycles. The van der Waals surface area contributed by atoms with Crippen molar-refractivity contribution in [3.63, 3.8) is 0 Å². The van der Waals surface area contributed by atoms with Crippen molar-refractivity contribution in [2.45, 2.75) is 13.0 Å². The molecule has 1 heterocycles. The van der Waals surface area contributed by atoms with Crippen LogP contribution >= 0.6 is 0 Å². The molecule has 0 N–H and O–H groups in total. The van der Waals surface area contributed by atoms with E-state index in [1.165, 1.54) is 6.07 Å². The van der Waals surface area contributed by atoms with Gasteiger partial charge in [-0.2, -0.15) is 0 Å². The molecule has 4 heteroatoms. The van der Waals surface area contributed by atoms with Crippen molar-refractivity contribution in [3.05, 3.63) is 29.6 Å². The SMILES string of the molecule is CC1CN(c2c(F)cccc2C=O)CCO1. The van der Waals surface area contributed by atoms with Crippen LogP contribution in [0.5, 0.6) is 0 Å². The number of anilines is 1. The Morgan fingerprint density at radius 3 is 3.06 bits per heavy atom. The zero-order chi connectivity index (χ0) is 11.5. The van der Waals surface area contributed by atoms with E-state index in [2.05, 4.69) is 0 Å². The minimum absolute atomic E-state index is 0.0628. The number of carbonyl (C=O) groups excluding carboxylic acids is 1. The number of halogens is 1. The van der Waals surface area contributed by atoms with Crippen molar-refractivity contribution in [3.8, 4) is 0 Å². The molecular weight excluding hydrogens is 209 g/mol. The second kappa shape index (κ2) is 4.61. The zero-order valence-corrected chi connectivity index (χ0v) is 9.15. The summed E-state index contributed by atoms with van der Waals surface area (Å²) in [5, 5.41) is 0. The summed E-state index contributed by atoms with van der Waals surface area (Å²) in [7, 11) is 0. The first-order chi connectivity index (χ1) is 7.72. The fourth-order valence-electron chi connectivity index (χ4n) is 1.98. The van der Waals surface area contributed by atoms with Gasteiger partial charge in [-0.05, 0) is 19.1 Å². The van der Waals surface area contributed by atoms with Crippen molar-refractivity contribution in [1.82, 2.24) is 0 Å². The van der Waals surface area contributed by atoms with E-state index in [-0.39, 0.29) is 11.9 Å². The third-order valence-electron chi connectivity index (χ3n) is 2.70. The molecule has 86 valence electrons. The lowest BCUT2D eigenvalue weighted by atomic mass is 10.1. The van der Waals surface area contributed by atoms with E-state index in [1.807, 2.05) is 11.8 Å². The Morgan fingerprint density at radius 2 is 2.38 bits per heavy atom. The van der Waals surface area contributed by atoms with Crippen molar-refractivity contribution in [1.29, 1.82) is 0 Å². The lowest BCUT2D eigenvalue weighted by Crippen LogP contribution is -2.42. The number of hydrogen-bond acceptors (Lipinski definition) is 3. The molecule has 16 heavy (non-hydrogen) atoms. The quantitative estimate of drug-likeness (QED) is 0.717. The van der Waals surface area contributed by atoms with Crippen LogP contribution in [0.2, 0.25) is 0 Å². The zero-order valence-electron chi connectivity index (χ0n) is 9.15. The summed E-state index contributed by atoms with van der Waals surface area (Å²) in [6.07, 6.45) is 0.756. The van der Waals surface area contributed by atoms with Crippen molar-refractivity contribution >= 4 is 12.0 Å². The van der Waals surface area contributed by atoms with Gasteiger partial charge in [0.15, 0.2) is 6.29 Å². The Balaban J connectivity index is 2.34. The first-order valence-corrected chi connectivity index (χ1v) is 5.32. The van der Waals surface area contributed by atoms with E-state index in [0.29, 0.717) is 37.2 Å². The highest BCUT2D eigenvalue weighted by molar-refractivity contribution is 5.84. The first kappa shape index (κ1) is 11.1. The normalized spacial score (nSPS) is 20.9. The van der Waals surface area contributed by atoms with E-state index < -0.39 is 0 Å². The van der Waals surface area contributed by atoms with Gasteiger partial charge < -0.3 is 9.64 Å². The molecule has 1 atom stereocenters. The Morgan fingerprint density at radius 1 is 1.56 bits per heavy atom. The van der Waals surface area contributed by atoms with Crippen LogP contribution in [-0.2, 0) is 4.74 Å². The maximum atomic E-state index is 13.7. The predicted molar refractivity (Wildman–Crippen MR) is 59.4 cm³/mol. The van der Waals surface area contributed by atoms with Crippen LogP contribution in [0.1, 0.15) is 17.3 Å². The smallest absolute Gasteiger partial charge is 0.152 e. The number of benzene rings is 1. The molecule has 1 aromatic rings. The summed E-state index contributed by atoms with van der Waals surface area (Å²) < 4.78 is 19.1. The summed E-state index contributed by atoms with van der Waals surface area (Å²) in [5.74, 6) is -0.348. The topological polar surface area (TPSA) is 29.5 Å². The van der Waals surface area contributed by atoms with E-state index in [1.54, 1.807) is 12.1 Å². The van der Waals surface area contributed by atoms with Gasteiger partial charge in [-0.25, -0.2) is 4.39 Å². The maximum Gasteiger partial charge on any atom is 0.152 e. The second-order valence-electron chi connectivity index (χ2n) is 3.92. The van der Waals surface area contributed by atoms with Gasteiger partial charge in [-0.1, -0.05) is 6.07 Å². The van der Waals surface area contributed by atoms with Gasteiger partial charge in [0.05, 0.1) is 18.4 Å². The van der Waals surface area contributed by atoms with E-state index >= 15 is 0 Å². The largest absolute Gasteiger partial charge is 0.375 e. The lowest BCUT2D eigenvalue weighted by molar-refractivity contribution is 0.0529. The molecule has 0 aromatic heterocycles. The molecule has 1 aromatic carbocycles. The van der Waals surface area contributed by atoms with Gasteiger partial charge in [-0.15, -0.1) is 0 Å². The highest BCUT2D eigenvalue weighted by Gasteiger charge is 2.21.